The number of tetrazole rings is 1. The van der Waals surface area contributed by atoms with Crippen molar-refractivity contribution < 1.29 is 14.6 Å². The first-order valence-corrected chi connectivity index (χ1v) is 11.2. The number of aromatic amines is 1. The van der Waals surface area contributed by atoms with E-state index < -0.39 is 5.97 Å². The van der Waals surface area contributed by atoms with Crippen LogP contribution in [0.25, 0.3) is 22.5 Å². The molecule has 2 aromatic carbocycles. The Hall–Kier alpha value is -3.78. The van der Waals surface area contributed by atoms with Crippen molar-refractivity contribution in [3.05, 3.63) is 76.6 Å². The minimum Gasteiger partial charge on any atom is -0.488 e. The summed E-state index contributed by atoms with van der Waals surface area (Å²) in [5.74, 6) is -0.103. The molecule has 0 spiro atoms. The van der Waals surface area contributed by atoms with Crippen molar-refractivity contribution in [1.82, 2.24) is 25.6 Å². The summed E-state index contributed by atoms with van der Waals surface area (Å²) in [5, 5.41) is 24.3. The molecule has 2 heterocycles. The van der Waals surface area contributed by atoms with Crippen LogP contribution < -0.4 is 4.74 Å². The lowest BCUT2D eigenvalue weighted by Gasteiger charge is -2.19. The zero-order chi connectivity index (χ0) is 24.2. The predicted octanol–water partition coefficient (Wildman–Crippen LogP) is 5.62. The number of ether oxygens (including phenoxy) is 1. The summed E-state index contributed by atoms with van der Waals surface area (Å²) in [5.41, 5.74) is 6.14. The molecular formula is C26H28ClN5O3. The predicted molar refractivity (Wildman–Crippen MR) is 136 cm³/mol. The molecule has 4 aromatic rings. The lowest BCUT2D eigenvalue weighted by Crippen LogP contribution is -2.14. The van der Waals surface area contributed by atoms with Crippen molar-refractivity contribution in [2.75, 3.05) is 0 Å². The molecule has 2 aromatic heterocycles. The number of carboxylic acid groups (broad SMARTS) is 1. The first-order valence-electron chi connectivity index (χ1n) is 11.2. The number of halogens is 1. The number of hydrogen-bond donors (Lipinski definition) is 2. The number of aromatic nitrogens is 5. The largest absolute Gasteiger partial charge is 0.488 e. The van der Waals surface area contributed by atoms with E-state index in [0.717, 1.165) is 33.5 Å². The van der Waals surface area contributed by atoms with Crippen molar-refractivity contribution in [3.8, 4) is 28.3 Å². The van der Waals surface area contributed by atoms with Gasteiger partial charge in [0.1, 0.15) is 17.9 Å². The van der Waals surface area contributed by atoms with Gasteiger partial charge in [-0.2, -0.15) is 5.21 Å². The van der Waals surface area contributed by atoms with E-state index >= 15 is 0 Å². The van der Waals surface area contributed by atoms with Crippen LogP contribution in [0.15, 0.2) is 48.5 Å². The van der Waals surface area contributed by atoms with Gasteiger partial charge in [-0.3, -0.25) is 4.98 Å². The van der Waals surface area contributed by atoms with Gasteiger partial charge in [0.05, 0.1) is 5.69 Å². The Morgan fingerprint density at radius 1 is 1.09 bits per heavy atom. The molecule has 8 nitrogen and oxygen atoms in total. The Balaban J connectivity index is 0.00000342. The van der Waals surface area contributed by atoms with Gasteiger partial charge >= 0.3 is 5.97 Å². The number of rotatable bonds is 8. The quantitative estimate of drug-likeness (QED) is 0.327. The summed E-state index contributed by atoms with van der Waals surface area (Å²) in [6, 6.07) is 15.8. The Labute approximate surface area is 210 Å². The Morgan fingerprint density at radius 2 is 1.77 bits per heavy atom. The zero-order valence-corrected chi connectivity index (χ0v) is 20.9. The number of aryl methyl sites for hydroxylation is 1. The second kappa shape index (κ2) is 11.1. The van der Waals surface area contributed by atoms with Crippen LogP contribution in [0.2, 0.25) is 0 Å². The Morgan fingerprint density at radius 3 is 2.34 bits per heavy atom. The van der Waals surface area contributed by atoms with E-state index in [1.807, 2.05) is 76.2 Å². The van der Waals surface area contributed by atoms with Crippen LogP contribution in [0.3, 0.4) is 0 Å². The van der Waals surface area contributed by atoms with E-state index in [4.69, 9.17) is 4.74 Å². The van der Waals surface area contributed by atoms with Gasteiger partial charge in [0, 0.05) is 16.8 Å². The average Bonchev–Trinajstić information content (AvgIpc) is 3.37. The van der Waals surface area contributed by atoms with E-state index in [-0.39, 0.29) is 30.5 Å². The number of hydrogen-bond acceptors (Lipinski definition) is 6. The van der Waals surface area contributed by atoms with Crippen molar-refractivity contribution in [3.63, 3.8) is 0 Å². The number of benzene rings is 2. The highest BCUT2D eigenvalue weighted by molar-refractivity contribution is 5.93. The summed E-state index contributed by atoms with van der Waals surface area (Å²) in [7, 11) is 0. The van der Waals surface area contributed by atoms with Crippen LogP contribution in [-0.4, -0.2) is 36.7 Å². The van der Waals surface area contributed by atoms with E-state index in [1.54, 1.807) is 0 Å². The van der Waals surface area contributed by atoms with Crippen molar-refractivity contribution in [2.45, 2.75) is 46.6 Å². The minimum atomic E-state index is -1.02. The first-order chi connectivity index (χ1) is 16.4. The maximum absolute atomic E-state index is 12.1. The molecule has 0 aliphatic heterocycles. The first kappa shape index (κ1) is 25.8. The van der Waals surface area contributed by atoms with E-state index in [2.05, 4.69) is 25.6 Å². The molecule has 0 saturated heterocycles. The van der Waals surface area contributed by atoms with Gasteiger partial charge in [-0.1, -0.05) is 69.3 Å². The van der Waals surface area contributed by atoms with Gasteiger partial charge in [0.15, 0.2) is 0 Å². The van der Waals surface area contributed by atoms with Crippen LogP contribution in [0.4, 0.5) is 0 Å². The fourth-order valence-electron chi connectivity index (χ4n) is 4.08. The Kier molecular flexibility index (Phi) is 8.19. The van der Waals surface area contributed by atoms with Crippen LogP contribution in [0, 0.1) is 6.92 Å². The average molecular weight is 494 g/mol. The van der Waals surface area contributed by atoms with Crippen LogP contribution in [-0.2, 0) is 13.0 Å². The van der Waals surface area contributed by atoms with E-state index in [0.29, 0.717) is 23.7 Å². The lowest BCUT2D eigenvalue weighted by molar-refractivity contribution is 0.0689. The molecule has 0 unspecified atom stereocenters. The highest BCUT2D eigenvalue weighted by Gasteiger charge is 2.25. The number of aromatic carboxylic acids is 1. The number of H-pyrrole nitrogens is 1. The third-order valence-electron chi connectivity index (χ3n) is 5.76. The van der Waals surface area contributed by atoms with Crippen LogP contribution >= 0.6 is 12.4 Å². The van der Waals surface area contributed by atoms with E-state index in [1.165, 1.54) is 0 Å². The van der Waals surface area contributed by atoms with Crippen LogP contribution in [0.1, 0.15) is 59.6 Å². The molecule has 182 valence electrons. The third-order valence-corrected chi connectivity index (χ3v) is 5.76. The second-order valence-electron chi connectivity index (χ2n) is 8.35. The van der Waals surface area contributed by atoms with Gasteiger partial charge in [0.25, 0.3) is 0 Å². The maximum Gasteiger partial charge on any atom is 0.341 e. The summed E-state index contributed by atoms with van der Waals surface area (Å²) in [6.45, 7) is 8.01. The molecule has 9 heteroatoms. The van der Waals surface area contributed by atoms with Gasteiger partial charge in [0.2, 0.25) is 5.82 Å². The molecular weight excluding hydrogens is 466 g/mol. The molecule has 4 rings (SSSR count). The molecule has 0 bridgehead atoms. The minimum absolute atomic E-state index is 0. The number of carbonyl (C=O) groups is 1. The van der Waals surface area contributed by atoms with Gasteiger partial charge in [-0.05, 0) is 41.2 Å². The van der Waals surface area contributed by atoms with Crippen molar-refractivity contribution in [1.29, 1.82) is 0 Å². The summed E-state index contributed by atoms with van der Waals surface area (Å²) >= 11 is 0. The fraction of sp³-hybridized carbons (Fsp3) is 0.269. The number of nitrogens with one attached hydrogen (secondary N) is 1. The molecule has 0 fully saturated rings. The fourth-order valence-corrected chi connectivity index (χ4v) is 4.08. The highest BCUT2D eigenvalue weighted by atomic mass is 35.5. The lowest BCUT2D eigenvalue weighted by atomic mass is 9.97. The molecule has 35 heavy (non-hydrogen) atoms. The normalized spacial score (nSPS) is 10.8. The summed E-state index contributed by atoms with van der Waals surface area (Å²) in [6.07, 6.45) is 0.638. The summed E-state index contributed by atoms with van der Waals surface area (Å²) in [4.78, 5) is 16.7. The number of nitrogens with zero attached hydrogens (tertiary/aromatic N) is 4. The molecule has 0 radical (unpaired) electrons. The highest BCUT2D eigenvalue weighted by Crippen LogP contribution is 2.34. The van der Waals surface area contributed by atoms with Gasteiger partial charge < -0.3 is 9.84 Å². The Bertz CT molecular complexity index is 1310. The monoisotopic (exact) mass is 493 g/mol. The molecule has 0 atom stereocenters. The maximum atomic E-state index is 12.1. The molecule has 0 aliphatic carbocycles. The van der Waals surface area contributed by atoms with Gasteiger partial charge in [-0.25, -0.2) is 4.79 Å². The van der Waals surface area contributed by atoms with Crippen LogP contribution in [0.5, 0.6) is 5.75 Å². The van der Waals surface area contributed by atoms with Crippen molar-refractivity contribution >= 4 is 18.4 Å². The van der Waals surface area contributed by atoms with E-state index in [9.17, 15) is 9.90 Å². The van der Waals surface area contributed by atoms with Gasteiger partial charge in [-0.15, -0.1) is 22.6 Å². The smallest absolute Gasteiger partial charge is 0.341 e. The SMILES string of the molecule is CCc1c(C)nc(C(C)C)c(C(=O)O)c1OCc1ccc(-c2ccccc2-c2nn[nH]n2)cc1.Cl. The zero-order valence-electron chi connectivity index (χ0n) is 20.1. The number of pyridine rings is 1. The standard InChI is InChI=1S/C26H27N5O3.ClH/c1-5-19-16(4)27-23(15(2)3)22(26(32)33)24(19)34-14-17-10-12-18(13-11-17)20-8-6-7-9-21(20)25-28-30-31-29-25;/h6-13,15H,5,14H2,1-4H3,(H,32,33)(H,28,29,30,31);1H. The molecule has 2 N–H and O–H groups in total. The molecule has 0 aliphatic rings. The third kappa shape index (κ3) is 5.33. The van der Waals surface area contributed by atoms with Crippen molar-refractivity contribution in [2.24, 2.45) is 0 Å². The summed E-state index contributed by atoms with van der Waals surface area (Å²) < 4.78 is 6.15. The topological polar surface area (TPSA) is 114 Å². The second-order valence-corrected chi connectivity index (χ2v) is 8.35. The molecule has 0 saturated carbocycles. The number of carboxylic acids is 1. The molecule has 0 amide bonds.